The predicted octanol–water partition coefficient (Wildman–Crippen LogP) is 2.90. The zero-order valence-corrected chi connectivity index (χ0v) is 9.42. The van der Waals surface area contributed by atoms with Crippen LogP contribution in [0, 0.1) is 5.92 Å². The van der Waals surface area contributed by atoms with Gasteiger partial charge in [0, 0.05) is 24.1 Å². The number of benzene rings is 1. The van der Waals surface area contributed by atoms with Gasteiger partial charge in [-0.1, -0.05) is 35.0 Å². The molecule has 1 nitrogen and oxygen atoms in total. The quantitative estimate of drug-likeness (QED) is 0.768. The highest BCUT2D eigenvalue weighted by Gasteiger charge is 2.21. The van der Waals surface area contributed by atoms with Gasteiger partial charge in [-0.15, -0.1) is 0 Å². The number of likely N-dealkylation sites (tertiary alicyclic amines) is 1. The smallest absolute Gasteiger partial charge is 0.0233 e. The van der Waals surface area contributed by atoms with Crippen molar-refractivity contribution in [2.45, 2.75) is 13.5 Å². The Balaban J connectivity index is 1.91. The van der Waals surface area contributed by atoms with E-state index in [-0.39, 0.29) is 0 Å². The van der Waals surface area contributed by atoms with E-state index in [4.69, 9.17) is 0 Å². The summed E-state index contributed by atoms with van der Waals surface area (Å²) in [5.41, 5.74) is 1.41. The summed E-state index contributed by atoms with van der Waals surface area (Å²) in [6.45, 7) is 5.93. The first-order chi connectivity index (χ1) is 6.24. The Morgan fingerprint density at radius 1 is 1.31 bits per heavy atom. The monoisotopic (exact) mass is 239 g/mol. The SMILES string of the molecule is CC1CN(Cc2ccc(Br)cc2)C1. The van der Waals surface area contributed by atoms with Gasteiger partial charge in [0.2, 0.25) is 0 Å². The summed E-state index contributed by atoms with van der Waals surface area (Å²) in [5.74, 6) is 0.899. The van der Waals surface area contributed by atoms with Crippen LogP contribution in [0.15, 0.2) is 28.7 Å². The van der Waals surface area contributed by atoms with Crippen molar-refractivity contribution < 1.29 is 0 Å². The van der Waals surface area contributed by atoms with E-state index in [0.717, 1.165) is 16.9 Å². The molecule has 0 bridgehead atoms. The Morgan fingerprint density at radius 2 is 1.92 bits per heavy atom. The standard InChI is InChI=1S/C11H14BrN/c1-9-6-13(7-9)8-10-2-4-11(12)5-3-10/h2-5,9H,6-8H2,1H3. The van der Waals surface area contributed by atoms with E-state index in [1.165, 1.54) is 18.7 Å². The van der Waals surface area contributed by atoms with E-state index >= 15 is 0 Å². The van der Waals surface area contributed by atoms with Crippen LogP contribution in [0.5, 0.6) is 0 Å². The first kappa shape index (κ1) is 9.22. The summed E-state index contributed by atoms with van der Waals surface area (Å²) >= 11 is 3.44. The molecule has 1 aliphatic heterocycles. The van der Waals surface area contributed by atoms with Gasteiger partial charge in [0.05, 0.1) is 0 Å². The molecule has 2 rings (SSSR count). The molecule has 2 heteroatoms. The Kier molecular flexibility index (Phi) is 2.70. The highest BCUT2D eigenvalue weighted by Crippen LogP contribution is 2.18. The minimum Gasteiger partial charge on any atom is -0.298 e. The molecule has 0 radical (unpaired) electrons. The van der Waals surface area contributed by atoms with E-state index in [1.807, 2.05) is 0 Å². The van der Waals surface area contributed by atoms with Crippen molar-refractivity contribution in [2.24, 2.45) is 5.92 Å². The highest BCUT2D eigenvalue weighted by atomic mass is 79.9. The zero-order chi connectivity index (χ0) is 9.26. The van der Waals surface area contributed by atoms with Gasteiger partial charge in [-0.25, -0.2) is 0 Å². The van der Waals surface area contributed by atoms with Gasteiger partial charge in [0.15, 0.2) is 0 Å². The maximum atomic E-state index is 3.44. The first-order valence-corrected chi connectivity index (χ1v) is 5.50. The summed E-state index contributed by atoms with van der Waals surface area (Å²) in [6.07, 6.45) is 0. The molecule has 0 unspecified atom stereocenters. The molecule has 13 heavy (non-hydrogen) atoms. The van der Waals surface area contributed by atoms with Crippen LogP contribution < -0.4 is 0 Å². The maximum Gasteiger partial charge on any atom is 0.0233 e. The molecule has 0 spiro atoms. The largest absolute Gasteiger partial charge is 0.298 e. The molecule has 1 fully saturated rings. The number of rotatable bonds is 2. The van der Waals surface area contributed by atoms with E-state index in [2.05, 4.69) is 52.0 Å². The summed E-state index contributed by atoms with van der Waals surface area (Å²) in [5, 5.41) is 0. The molecule has 1 aliphatic rings. The van der Waals surface area contributed by atoms with Crippen molar-refractivity contribution in [1.82, 2.24) is 4.90 Å². The van der Waals surface area contributed by atoms with Gasteiger partial charge >= 0.3 is 0 Å². The van der Waals surface area contributed by atoms with Crippen LogP contribution in [0.1, 0.15) is 12.5 Å². The average molecular weight is 240 g/mol. The second-order valence-corrected chi connectivity index (χ2v) is 4.84. The summed E-state index contributed by atoms with van der Waals surface area (Å²) < 4.78 is 1.16. The van der Waals surface area contributed by atoms with E-state index in [9.17, 15) is 0 Å². The second kappa shape index (κ2) is 3.81. The molecule has 1 saturated heterocycles. The van der Waals surface area contributed by atoms with Crippen LogP contribution in [-0.2, 0) is 6.54 Å². The molecule has 0 atom stereocenters. The summed E-state index contributed by atoms with van der Waals surface area (Å²) in [6, 6.07) is 8.59. The summed E-state index contributed by atoms with van der Waals surface area (Å²) in [7, 11) is 0. The van der Waals surface area contributed by atoms with Gasteiger partial charge in [-0.05, 0) is 23.6 Å². The average Bonchev–Trinajstić information content (AvgIpc) is 2.06. The van der Waals surface area contributed by atoms with E-state index in [0.29, 0.717) is 0 Å². The zero-order valence-electron chi connectivity index (χ0n) is 7.83. The Hall–Kier alpha value is -0.340. The first-order valence-electron chi connectivity index (χ1n) is 4.71. The predicted molar refractivity (Wildman–Crippen MR) is 58.6 cm³/mol. The minimum absolute atomic E-state index is 0.899. The number of nitrogens with zero attached hydrogens (tertiary/aromatic N) is 1. The Morgan fingerprint density at radius 3 is 2.46 bits per heavy atom. The molecule has 1 aromatic rings. The summed E-state index contributed by atoms with van der Waals surface area (Å²) in [4.78, 5) is 2.48. The number of halogens is 1. The fourth-order valence-electron chi connectivity index (χ4n) is 1.81. The lowest BCUT2D eigenvalue weighted by molar-refractivity contribution is 0.105. The van der Waals surface area contributed by atoms with Gasteiger partial charge in [-0.2, -0.15) is 0 Å². The third kappa shape index (κ3) is 2.32. The Labute approximate surface area is 87.9 Å². The molecule has 1 heterocycles. The van der Waals surface area contributed by atoms with Crippen molar-refractivity contribution in [3.05, 3.63) is 34.3 Å². The third-order valence-electron chi connectivity index (χ3n) is 2.46. The lowest BCUT2D eigenvalue weighted by Gasteiger charge is -2.37. The normalized spacial score (nSPS) is 18.6. The fourth-order valence-corrected chi connectivity index (χ4v) is 2.07. The number of hydrogen-bond donors (Lipinski definition) is 0. The van der Waals surface area contributed by atoms with Crippen LogP contribution in [0.2, 0.25) is 0 Å². The molecule has 1 aromatic carbocycles. The fraction of sp³-hybridized carbons (Fsp3) is 0.455. The van der Waals surface area contributed by atoms with Crippen molar-refractivity contribution in [2.75, 3.05) is 13.1 Å². The Bertz CT molecular complexity index is 275. The topological polar surface area (TPSA) is 3.24 Å². The molecule has 0 N–H and O–H groups in total. The van der Waals surface area contributed by atoms with Gasteiger partial charge in [0.1, 0.15) is 0 Å². The highest BCUT2D eigenvalue weighted by molar-refractivity contribution is 9.10. The lowest BCUT2D eigenvalue weighted by atomic mass is 10.0. The molecular weight excluding hydrogens is 226 g/mol. The van der Waals surface area contributed by atoms with Crippen molar-refractivity contribution in [1.29, 1.82) is 0 Å². The minimum atomic E-state index is 0.899. The van der Waals surface area contributed by atoms with Gasteiger partial charge < -0.3 is 0 Å². The number of hydrogen-bond acceptors (Lipinski definition) is 1. The van der Waals surface area contributed by atoms with Crippen LogP contribution in [-0.4, -0.2) is 18.0 Å². The molecule has 0 amide bonds. The van der Waals surface area contributed by atoms with E-state index in [1.54, 1.807) is 0 Å². The van der Waals surface area contributed by atoms with Crippen LogP contribution >= 0.6 is 15.9 Å². The van der Waals surface area contributed by atoms with Crippen LogP contribution in [0.25, 0.3) is 0 Å². The van der Waals surface area contributed by atoms with Crippen LogP contribution in [0.4, 0.5) is 0 Å². The second-order valence-electron chi connectivity index (χ2n) is 3.93. The molecule has 70 valence electrons. The third-order valence-corrected chi connectivity index (χ3v) is 2.99. The van der Waals surface area contributed by atoms with Crippen molar-refractivity contribution in [3.63, 3.8) is 0 Å². The van der Waals surface area contributed by atoms with Crippen LogP contribution in [0.3, 0.4) is 0 Å². The lowest BCUT2D eigenvalue weighted by Crippen LogP contribution is -2.44. The van der Waals surface area contributed by atoms with Crippen molar-refractivity contribution >= 4 is 15.9 Å². The molecule has 0 saturated carbocycles. The molecule has 0 aromatic heterocycles. The van der Waals surface area contributed by atoms with Crippen molar-refractivity contribution in [3.8, 4) is 0 Å². The maximum absolute atomic E-state index is 3.44. The van der Waals surface area contributed by atoms with Gasteiger partial charge in [0.25, 0.3) is 0 Å². The van der Waals surface area contributed by atoms with E-state index < -0.39 is 0 Å². The molecular formula is C11H14BrN. The van der Waals surface area contributed by atoms with Gasteiger partial charge in [-0.3, -0.25) is 4.90 Å². The molecule has 0 aliphatic carbocycles.